The molecule has 0 aliphatic heterocycles. The topological polar surface area (TPSA) is 237 Å². The Bertz CT molecular complexity index is 2240. The van der Waals surface area contributed by atoms with Crippen LogP contribution in [0.1, 0.15) is 323 Å². The van der Waals surface area contributed by atoms with E-state index in [4.69, 9.17) is 37.0 Å². The van der Waals surface area contributed by atoms with Crippen LogP contribution in [0.3, 0.4) is 0 Å². The molecular weight excluding hydrogens is 1280 g/mol. The molecule has 98 heavy (non-hydrogen) atoms. The van der Waals surface area contributed by atoms with E-state index < -0.39 is 97.5 Å². The minimum absolute atomic E-state index is 0.0782. The molecule has 0 fully saturated rings. The lowest BCUT2D eigenvalue weighted by Gasteiger charge is -2.21. The van der Waals surface area contributed by atoms with Gasteiger partial charge < -0.3 is 33.8 Å². The molecule has 0 aromatic heterocycles. The molecule has 5 atom stereocenters. The number of esters is 4. The van der Waals surface area contributed by atoms with Crippen LogP contribution in [0.5, 0.6) is 0 Å². The highest BCUT2D eigenvalue weighted by molar-refractivity contribution is 7.47. The Kier molecular flexibility index (Phi) is 68.4. The summed E-state index contributed by atoms with van der Waals surface area (Å²) in [4.78, 5) is 72.8. The lowest BCUT2D eigenvalue weighted by atomic mass is 10.1. The van der Waals surface area contributed by atoms with Crippen LogP contribution in [-0.4, -0.2) is 96.7 Å². The predicted octanol–water partition coefficient (Wildman–Crippen LogP) is 22.0. The monoisotopic (exact) mass is 1420 g/mol. The van der Waals surface area contributed by atoms with E-state index in [1.54, 1.807) is 0 Å². The van der Waals surface area contributed by atoms with Crippen LogP contribution in [0.4, 0.5) is 0 Å². The fraction of sp³-hybridized carbons (Fsp3) is 0.747. The van der Waals surface area contributed by atoms with Crippen molar-refractivity contribution in [3.05, 3.63) is 97.2 Å². The van der Waals surface area contributed by atoms with E-state index in [1.807, 2.05) is 0 Å². The van der Waals surface area contributed by atoms with E-state index in [2.05, 4.69) is 125 Å². The number of phosphoric ester groups is 2. The molecule has 0 aliphatic rings. The molecule has 5 unspecified atom stereocenters. The summed E-state index contributed by atoms with van der Waals surface area (Å²) in [5.41, 5.74) is 0. The first kappa shape index (κ1) is 94.0. The number of hydrogen-bond donors (Lipinski definition) is 3. The minimum atomic E-state index is -4.98. The van der Waals surface area contributed by atoms with Crippen LogP contribution in [0.2, 0.25) is 0 Å². The van der Waals surface area contributed by atoms with Gasteiger partial charge in [0.1, 0.15) is 19.3 Å². The molecule has 0 amide bonds. The molecule has 566 valence electrons. The van der Waals surface area contributed by atoms with E-state index in [0.717, 1.165) is 173 Å². The van der Waals surface area contributed by atoms with E-state index in [9.17, 15) is 43.2 Å². The van der Waals surface area contributed by atoms with Crippen molar-refractivity contribution in [2.45, 2.75) is 341 Å². The van der Waals surface area contributed by atoms with Crippen molar-refractivity contribution in [2.24, 2.45) is 0 Å². The molecule has 19 heteroatoms. The number of aliphatic hydroxyl groups is 1. The average molecular weight is 1420 g/mol. The molecule has 0 heterocycles. The standard InChI is InChI=1S/C79H138O17P2/c1-5-9-13-17-21-25-29-32-35-36-39-41-45-48-52-56-60-64-77(82)89-69-74(95-78(83)65-61-57-53-49-43-28-24-20-16-12-8-4)71-93-97(85,86)91-67-73(80)68-92-98(87,88)94-72-75(96-79(84)66-62-58-54-50-46-42-38-34-31-27-23-19-15-11-7-3)70-90-76(81)63-59-55-51-47-44-40-37-33-30-26-22-18-14-10-6-2/h9,13,20-22,24-26,32-35,37-39,41,73-75,80H,5-8,10-12,14-19,23,27-31,36,40,42-72H2,1-4H3,(H,85,86)(H,87,88)/b13-9-,24-20-,25-21-,26-22-,35-32-,37-33-,38-34-,41-39-. The van der Waals surface area contributed by atoms with Crippen LogP contribution in [-0.2, 0) is 65.4 Å². The molecule has 0 rings (SSSR count). The van der Waals surface area contributed by atoms with Gasteiger partial charge in [0.15, 0.2) is 12.2 Å². The molecule has 0 aromatic rings. The third kappa shape index (κ3) is 70.4. The molecule has 0 radical (unpaired) electrons. The highest BCUT2D eigenvalue weighted by Gasteiger charge is 2.30. The number of rotatable bonds is 72. The van der Waals surface area contributed by atoms with Crippen LogP contribution >= 0.6 is 15.6 Å². The zero-order valence-electron chi connectivity index (χ0n) is 61.7. The summed E-state index contributed by atoms with van der Waals surface area (Å²) in [6.07, 6.45) is 74.0. The molecule has 17 nitrogen and oxygen atoms in total. The highest BCUT2D eigenvalue weighted by atomic mass is 31.2. The number of hydrogen-bond acceptors (Lipinski definition) is 15. The minimum Gasteiger partial charge on any atom is -0.462 e. The van der Waals surface area contributed by atoms with Gasteiger partial charge in [0.2, 0.25) is 0 Å². The van der Waals surface area contributed by atoms with Crippen molar-refractivity contribution in [1.29, 1.82) is 0 Å². The number of allylic oxidation sites excluding steroid dienone is 16. The van der Waals surface area contributed by atoms with E-state index >= 15 is 0 Å². The second kappa shape index (κ2) is 71.4. The van der Waals surface area contributed by atoms with Gasteiger partial charge in [0.25, 0.3) is 0 Å². The molecule has 0 aliphatic carbocycles. The first-order valence-electron chi connectivity index (χ1n) is 38.5. The quantitative estimate of drug-likeness (QED) is 0.0169. The molecular formula is C79H138O17P2. The Labute approximate surface area is 595 Å². The molecule has 0 aromatic carbocycles. The fourth-order valence-corrected chi connectivity index (χ4v) is 11.7. The summed E-state index contributed by atoms with van der Waals surface area (Å²) in [6, 6.07) is 0. The summed E-state index contributed by atoms with van der Waals surface area (Å²) < 4.78 is 68.4. The Balaban J connectivity index is 5.35. The highest BCUT2D eigenvalue weighted by Crippen LogP contribution is 2.45. The zero-order chi connectivity index (χ0) is 71.8. The molecule has 3 N–H and O–H groups in total. The van der Waals surface area contributed by atoms with Gasteiger partial charge in [-0.15, -0.1) is 0 Å². The average Bonchev–Trinajstić information content (AvgIpc) is 0.986. The Morgan fingerprint density at radius 1 is 0.296 bits per heavy atom. The van der Waals surface area contributed by atoms with Crippen LogP contribution in [0.15, 0.2) is 97.2 Å². The summed E-state index contributed by atoms with van der Waals surface area (Å²) >= 11 is 0. The van der Waals surface area contributed by atoms with Crippen LogP contribution in [0, 0.1) is 0 Å². The van der Waals surface area contributed by atoms with Gasteiger partial charge in [-0.3, -0.25) is 37.3 Å². The Morgan fingerprint density at radius 3 is 0.878 bits per heavy atom. The Hall–Kier alpha value is -4.02. The third-order valence-corrected chi connectivity index (χ3v) is 17.9. The van der Waals surface area contributed by atoms with E-state index in [-0.39, 0.29) is 25.7 Å². The van der Waals surface area contributed by atoms with Crippen molar-refractivity contribution in [3.63, 3.8) is 0 Å². The maximum atomic E-state index is 13.1. The van der Waals surface area contributed by atoms with Gasteiger partial charge in [-0.25, -0.2) is 9.13 Å². The fourth-order valence-electron chi connectivity index (χ4n) is 10.1. The Morgan fingerprint density at radius 2 is 0.541 bits per heavy atom. The zero-order valence-corrected chi connectivity index (χ0v) is 63.5. The van der Waals surface area contributed by atoms with Crippen LogP contribution in [0.25, 0.3) is 0 Å². The smallest absolute Gasteiger partial charge is 0.462 e. The van der Waals surface area contributed by atoms with E-state index in [0.29, 0.717) is 25.7 Å². The van der Waals surface area contributed by atoms with Gasteiger partial charge in [0.05, 0.1) is 26.4 Å². The summed E-state index contributed by atoms with van der Waals surface area (Å²) in [5, 5.41) is 10.6. The lowest BCUT2D eigenvalue weighted by molar-refractivity contribution is -0.161. The second-order valence-electron chi connectivity index (χ2n) is 25.6. The number of ether oxygens (including phenoxy) is 4. The first-order chi connectivity index (χ1) is 47.7. The summed E-state index contributed by atoms with van der Waals surface area (Å²) in [6.45, 7) is 4.65. The molecule has 0 saturated heterocycles. The van der Waals surface area contributed by atoms with Crippen molar-refractivity contribution in [3.8, 4) is 0 Å². The largest absolute Gasteiger partial charge is 0.472 e. The van der Waals surface area contributed by atoms with Gasteiger partial charge in [-0.2, -0.15) is 0 Å². The van der Waals surface area contributed by atoms with Gasteiger partial charge >= 0.3 is 39.5 Å². The maximum absolute atomic E-state index is 13.1. The number of carbonyl (C=O) groups is 4. The number of aliphatic hydroxyl groups excluding tert-OH is 1. The molecule has 0 saturated carbocycles. The van der Waals surface area contributed by atoms with Crippen molar-refractivity contribution in [2.75, 3.05) is 39.6 Å². The van der Waals surface area contributed by atoms with Crippen LogP contribution < -0.4 is 0 Å². The number of unbranched alkanes of at least 4 members (excludes halogenated alkanes) is 30. The van der Waals surface area contributed by atoms with Crippen molar-refractivity contribution >= 4 is 39.5 Å². The van der Waals surface area contributed by atoms with Gasteiger partial charge in [-0.1, -0.05) is 253 Å². The molecule has 0 spiro atoms. The van der Waals surface area contributed by atoms with Gasteiger partial charge in [-0.05, 0) is 141 Å². The predicted molar refractivity (Wildman–Crippen MR) is 399 cm³/mol. The second-order valence-corrected chi connectivity index (χ2v) is 28.5. The lowest BCUT2D eigenvalue weighted by Crippen LogP contribution is -2.30. The van der Waals surface area contributed by atoms with E-state index in [1.165, 1.54) is 70.6 Å². The number of phosphoric acid groups is 2. The normalized spacial score (nSPS) is 14.5. The maximum Gasteiger partial charge on any atom is 0.472 e. The summed E-state index contributed by atoms with van der Waals surface area (Å²) in [7, 11) is -9.96. The van der Waals surface area contributed by atoms with Gasteiger partial charge in [0, 0.05) is 25.7 Å². The number of carbonyl (C=O) groups excluding carboxylic acids is 4. The summed E-state index contributed by atoms with van der Waals surface area (Å²) in [5.74, 6) is -2.22. The first-order valence-corrected chi connectivity index (χ1v) is 41.5. The SMILES string of the molecule is CC/C=C\C/C=C\C/C=C\C/C=C\CCCCCCC(=O)OCC(COP(=O)(O)OCC(O)COP(=O)(O)OCC(COC(=O)CCCCCCC/C=C\C/C=C\CCCCC)OC(=O)CCCCCCC/C=C\CCCCCCCC)OC(=O)CCCCCCC/C=C\CCCC. The van der Waals surface area contributed by atoms with Crippen molar-refractivity contribution < 1.29 is 80.2 Å². The van der Waals surface area contributed by atoms with Crippen molar-refractivity contribution in [1.82, 2.24) is 0 Å². The third-order valence-electron chi connectivity index (χ3n) is 16.0. The molecule has 0 bridgehead atoms.